The first kappa shape index (κ1) is 36.5. The second-order valence-electron chi connectivity index (χ2n) is 11.4. The number of carbonyl (C=O) groups is 3. The zero-order valence-corrected chi connectivity index (χ0v) is 29.6. The predicted molar refractivity (Wildman–Crippen MR) is 203 cm³/mol. The lowest BCUT2D eigenvalue weighted by atomic mass is 9.99. The number of nitrogens with one attached hydrogen (secondary N) is 1. The molecule has 0 radical (unpaired) electrons. The number of aliphatic imine (C=N–C) groups is 1. The Morgan fingerprint density at radius 2 is 1.69 bits per heavy atom. The van der Waals surface area contributed by atoms with Crippen molar-refractivity contribution in [3.63, 3.8) is 0 Å². The number of carbonyl (C=O) groups excluding carboxylic acids is 3. The normalized spacial score (nSPS) is 14.4. The van der Waals surface area contributed by atoms with Gasteiger partial charge in [0.15, 0.2) is 5.17 Å². The zero-order valence-electron chi connectivity index (χ0n) is 28.1. The van der Waals surface area contributed by atoms with Crippen LogP contribution in [0.1, 0.15) is 41.0 Å². The Labute approximate surface area is 304 Å². The SMILES string of the molecule is C=C/C=C\C(=C/C)N1C(=O)/C(=C/c2cc(C)n(-c3ccc([N+](=O)[O-])c(Cl)c3)c2C)C(=O)N=C1SCC(=O)NC(c1ccccc1)c1ccccc1. The van der Waals surface area contributed by atoms with Gasteiger partial charge in [-0.1, -0.05) is 109 Å². The first-order chi connectivity index (χ1) is 24.5. The van der Waals surface area contributed by atoms with Crippen molar-refractivity contribution < 1.29 is 19.3 Å². The standard InChI is InChI=1S/C39H34ClN5O5S/c1-5-7-18-30(6-2)44-38(48)32(22-29-21-25(3)43(26(29)4)31-19-20-34(45(49)50)33(40)23-31)37(47)42-39(44)51-24-35(46)41-36(27-14-10-8-11-15-27)28-16-12-9-13-17-28/h5-23,36H,1,24H2,2-4H3,(H,41,46)/b18-7-,30-6+,32-22+. The number of amidine groups is 1. The molecule has 0 aliphatic carbocycles. The van der Waals surface area contributed by atoms with Crippen molar-refractivity contribution >= 4 is 58.0 Å². The van der Waals surface area contributed by atoms with Gasteiger partial charge in [0.1, 0.15) is 10.6 Å². The van der Waals surface area contributed by atoms with Crippen molar-refractivity contribution in [3.8, 4) is 5.69 Å². The van der Waals surface area contributed by atoms with E-state index < -0.39 is 22.8 Å². The van der Waals surface area contributed by atoms with Crippen LogP contribution in [-0.2, 0) is 14.4 Å². The third-order valence-electron chi connectivity index (χ3n) is 8.07. The number of hydrogen-bond acceptors (Lipinski definition) is 6. The quantitative estimate of drug-likeness (QED) is 0.0550. The summed E-state index contributed by atoms with van der Waals surface area (Å²) in [5.41, 5.74) is 4.41. The Kier molecular flexibility index (Phi) is 11.7. The van der Waals surface area contributed by atoms with Gasteiger partial charge in [-0.3, -0.25) is 29.4 Å². The number of halogens is 1. The lowest BCUT2D eigenvalue weighted by Crippen LogP contribution is -2.42. The molecule has 1 N–H and O–H groups in total. The largest absolute Gasteiger partial charge is 0.344 e. The fourth-order valence-electron chi connectivity index (χ4n) is 5.66. The van der Waals surface area contributed by atoms with Gasteiger partial charge >= 0.3 is 0 Å². The van der Waals surface area contributed by atoms with E-state index in [2.05, 4.69) is 16.9 Å². The van der Waals surface area contributed by atoms with Crippen LogP contribution in [0.5, 0.6) is 0 Å². The summed E-state index contributed by atoms with van der Waals surface area (Å²) < 4.78 is 1.82. The third-order valence-corrected chi connectivity index (χ3v) is 9.31. The lowest BCUT2D eigenvalue weighted by molar-refractivity contribution is -0.384. The summed E-state index contributed by atoms with van der Waals surface area (Å²) in [5.74, 6) is -1.80. The molecule has 0 atom stereocenters. The monoisotopic (exact) mass is 719 g/mol. The number of nitro benzene ring substituents is 1. The summed E-state index contributed by atoms with van der Waals surface area (Å²) in [7, 11) is 0. The van der Waals surface area contributed by atoms with E-state index in [0.29, 0.717) is 22.6 Å². The molecule has 258 valence electrons. The van der Waals surface area contributed by atoms with Crippen molar-refractivity contribution in [1.82, 2.24) is 14.8 Å². The highest BCUT2D eigenvalue weighted by Gasteiger charge is 2.35. The van der Waals surface area contributed by atoms with Crippen molar-refractivity contribution in [2.75, 3.05) is 5.75 Å². The van der Waals surface area contributed by atoms with Crippen molar-refractivity contribution in [1.29, 1.82) is 0 Å². The minimum Gasteiger partial charge on any atom is -0.344 e. The van der Waals surface area contributed by atoms with Gasteiger partial charge in [0, 0.05) is 28.8 Å². The number of aromatic nitrogens is 1. The van der Waals surface area contributed by atoms with E-state index in [4.69, 9.17) is 11.6 Å². The minimum atomic E-state index is -0.753. The number of benzene rings is 3. The van der Waals surface area contributed by atoms with E-state index in [-0.39, 0.29) is 33.1 Å². The second kappa shape index (κ2) is 16.3. The van der Waals surface area contributed by atoms with Crippen LogP contribution in [0.3, 0.4) is 0 Å². The summed E-state index contributed by atoms with van der Waals surface area (Å²) >= 11 is 7.17. The van der Waals surface area contributed by atoms with Crippen LogP contribution >= 0.6 is 23.4 Å². The van der Waals surface area contributed by atoms with Crippen molar-refractivity contribution in [2.45, 2.75) is 26.8 Å². The fourth-order valence-corrected chi connectivity index (χ4v) is 6.71. The van der Waals surface area contributed by atoms with Gasteiger partial charge < -0.3 is 9.88 Å². The van der Waals surface area contributed by atoms with E-state index in [0.717, 1.165) is 28.6 Å². The number of nitro groups is 1. The molecule has 10 nitrogen and oxygen atoms in total. The molecule has 3 amide bonds. The van der Waals surface area contributed by atoms with Crippen molar-refractivity contribution in [3.05, 3.63) is 170 Å². The van der Waals surface area contributed by atoms with E-state index in [1.807, 2.05) is 72.2 Å². The van der Waals surface area contributed by atoms with Gasteiger partial charge in [0.2, 0.25) is 5.91 Å². The highest BCUT2D eigenvalue weighted by atomic mass is 35.5. The van der Waals surface area contributed by atoms with Gasteiger partial charge in [0.25, 0.3) is 17.5 Å². The number of aryl methyl sites for hydroxylation is 1. The summed E-state index contributed by atoms with van der Waals surface area (Å²) in [5, 5.41) is 14.4. The molecule has 1 aromatic heterocycles. The van der Waals surface area contributed by atoms with Crippen LogP contribution in [-0.4, -0.2) is 43.0 Å². The molecule has 0 saturated carbocycles. The molecule has 5 rings (SSSR count). The maximum absolute atomic E-state index is 14.2. The average Bonchev–Trinajstić information content (AvgIpc) is 3.41. The average molecular weight is 720 g/mol. The summed E-state index contributed by atoms with van der Waals surface area (Å²) in [4.78, 5) is 57.5. The van der Waals surface area contributed by atoms with Gasteiger partial charge in [-0.25, -0.2) is 0 Å². The molecule has 0 saturated heterocycles. The highest BCUT2D eigenvalue weighted by molar-refractivity contribution is 8.14. The molecule has 2 heterocycles. The van der Waals surface area contributed by atoms with E-state index >= 15 is 0 Å². The maximum atomic E-state index is 14.2. The molecular weight excluding hydrogens is 686 g/mol. The number of hydrogen-bond donors (Lipinski definition) is 1. The summed E-state index contributed by atoms with van der Waals surface area (Å²) in [6.45, 7) is 9.10. The first-order valence-electron chi connectivity index (χ1n) is 15.8. The number of allylic oxidation sites excluding steroid dienone is 4. The Bertz CT molecular complexity index is 2100. The summed E-state index contributed by atoms with van der Waals surface area (Å²) in [6.07, 6.45) is 8.07. The molecule has 0 unspecified atom stereocenters. The highest BCUT2D eigenvalue weighted by Crippen LogP contribution is 2.32. The molecule has 1 aliphatic heterocycles. The predicted octanol–water partition coefficient (Wildman–Crippen LogP) is 8.05. The molecule has 4 aromatic rings. The maximum Gasteiger partial charge on any atom is 0.288 e. The molecule has 0 spiro atoms. The smallest absolute Gasteiger partial charge is 0.288 e. The molecule has 1 aliphatic rings. The summed E-state index contributed by atoms with van der Waals surface area (Å²) in [6, 6.07) is 25.0. The zero-order chi connectivity index (χ0) is 36.7. The Balaban J connectivity index is 1.46. The third kappa shape index (κ3) is 8.17. The lowest BCUT2D eigenvalue weighted by Gasteiger charge is -2.28. The molecule has 12 heteroatoms. The number of rotatable bonds is 11. The Morgan fingerprint density at radius 1 is 1.04 bits per heavy atom. The van der Waals surface area contributed by atoms with Crippen LogP contribution in [0.4, 0.5) is 5.69 Å². The van der Waals surface area contributed by atoms with E-state index in [1.54, 1.807) is 50.3 Å². The van der Waals surface area contributed by atoms with Crippen LogP contribution < -0.4 is 5.32 Å². The second-order valence-corrected chi connectivity index (χ2v) is 12.7. The van der Waals surface area contributed by atoms with Crippen LogP contribution in [0.15, 0.2) is 132 Å². The van der Waals surface area contributed by atoms with E-state index in [1.165, 1.54) is 23.1 Å². The Morgan fingerprint density at radius 3 is 2.25 bits per heavy atom. The van der Waals surface area contributed by atoms with Gasteiger partial charge in [-0.2, -0.15) is 4.99 Å². The number of nitrogens with zero attached hydrogens (tertiary/aromatic N) is 4. The molecule has 0 bridgehead atoms. The number of amides is 3. The molecule has 51 heavy (non-hydrogen) atoms. The van der Waals surface area contributed by atoms with Gasteiger partial charge in [0.05, 0.1) is 16.7 Å². The van der Waals surface area contributed by atoms with Crippen molar-refractivity contribution in [2.24, 2.45) is 4.99 Å². The van der Waals surface area contributed by atoms with Crippen LogP contribution in [0.2, 0.25) is 5.02 Å². The van der Waals surface area contributed by atoms with Gasteiger partial charge in [-0.05, 0) is 67.8 Å². The van der Waals surface area contributed by atoms with E-state index in [9.17, 15) is 24.5 Å². The molecule has 0 fully saturated rings. The molecule has 3 aromatic carbocycles. The molecular formula is C39H34ClN5O5S. The topological polar surface area (TPSA) is 127 Å². The number of thioether (sulfide) groups is 1. The first-order valence-corrected chi connectivity index (χ1v) is 17.2. The Hall–Kier alpha value is -5.78. The van der Waals surface area contributed by atoms with Crippen LogP contribution in [0.25, 0.3) is 11.8 Å². The minimum absolute atomic E-state index is 0.0201. The van der Waals surface area contributed by atoms with Crippen LogP contribution in [0, 0.1) is 24.0 Å². The fraction of sp³-hybridized carbons (Fsp3) is 0.128. The van der Waals surface area contributed by atoms with Gasteiger partial charge in [-0.15, -0.1) is 0 Å².